The lowest BCUT2D eigenvalue weighted by molar-refractivity contribution is 0.102. The van der Waals surface area contributed by atoms with E-state index in [2.05, 4.69) is 46.1 Å². The second kappa shape index (κ2) is 9.04. The highest BCUT2D eigenvalue weighted by Crippen LogP contribution is 2.33. The van der Waals surface area contributed by atoms with E-state index in [4.69, 9.17) is 13.9 Å². The summed E-state index contributed by atoms with van der Waals surface area (Å²) in [7, 11) is 3.13. The molecule has 1 aromatic heterocycles. The molecule has 0 aliphatic rings. The van der Waals surface area contributed by atoms with E-state index in [1.165, 1.54) is 5.56 Å². The monoisotopic (exact) mass is 494 g/mol. The molecular weight excluding hydrogens is 472 g/mol. The Hall–Kier alpha value is -3.32. The zero-order valence-corrected chi connectivity index (χ0v) is 19.8. The van der Waals surface area contributed by atoms with Gasteiger partial charge in [-0.1, -0.05) is 19.9 Å². The molecule has 32 heavy (non-hydrogen) atoms. The van der Waals surface area contributed by atoms with Crippen molar-refractivity contribution >= 4 is 38.6 Å². The van der Waals surface area contributed by atoms with E-state index in [9.17, 15) is 4.79 Å². The summed E-state index contributed by atoms with van der Waals surface area (Å²) in [5.74, 6) is 1.79. The van der Waals surface area contributed by atoms with Crippen molar-refractivity contribution in [3.8, 4) is 23.0 Å². The third kappa shape index (κ3) is 4.34. The summed E-state index contributed by atoms with van der Waals surface area (Å²) in [5, 5.41) is 2.92. The zero-order valence-electron chi connectivity index (χ0n) is 18.2. The number of ether oxygens (including phenoxy) is 2. The molecule has 0 aliphatic heterocycles. The van der Waals surface area contributed by atoms with Crippen molar-refractivity contribution in [1.82, 2.24) is 4.98 Å². The van der Waals surface area contributed by atoms with Gasteiger partial charge in [-0.2, -0.15) is 0 Å². The standard InChI is InChI=1S/C25H23BrN2O4/c1-14(2)15-5-10-23-20(12-15)28-25(32-23)17-7-9-22(31-4)19(13-17)27-24(29)16-6-8-21(30-3)18(26)11-16/h5-14H,1-4H3,(H,27,29). The number of hydrogen-bond donors (Lipinski definition) is 1. The maximum absolute atomic E-state index is 12.9. The van der Waals surface area contributed by atoms with Crippen LogP contribution in [0.1, 0.15) is 35.7 Å². The van der Waals surface area contributed by atoms with Crippen LogP contribution in [0.3, 0.4) is 0 Å². The minimum absolute atomic E-state index is 0.275. The molecule has 1 amide bonds. The van der Waals surface area contributed by atoms with Crippen LogP contribution in [0, 0.1) is 0 Å². The van der Waals surface area contributed by atoms with Gasteiger partial charge in [-0.3, -0.25) is 4.79 Å². The van der Waals surface area contributed by atoms with Crippen molar-refractivity contribution in [2.75, 3.05) is 19.5 Å². The Balaban J connectivity index is 1.66. The van der Waals surface area contributed by atoms with Gasteiger partial charge in [0.1, 0.15) is 17.0 Å². The largest absolute Gasteiger partial charge is 0.496 e. The first-order chi connectivity index (χ1) is 15.4. The highest BCUT2D eigenvalue weighted by molar-refractivity contribution is 9.10. The molecule has 1 heterocycles. The number of methoxy groups -OCH3 is 2. The average molecular weight is 495 g/mol. The SMILES string of the molecule is COc1ccc(C(=O)Nc2cc(-c3nc4cc(C(C)C)ccc4o3)ccc2OC)cc1Br. The first-order valence-corrected chi connectivity index (χ1v) is 10.9. The van der Waals surface area contributed by atoms with Gasteiger partial charge in [0, 0.05) is 11.1 Å². The van der Waals surface area contributed by atoms with E-state index in [0.717, 1.165) is 11.1 Å². The number of nitrogens with one attached hydrogen (secondary N) is 1. The number of carbonyl (C=O) groups is 1. The van der Waals surface area contributed by atoms with Gasteiger partial charge in [0.15, 0.2) is 5.58 Å². The summed E-state index contributed by atoms with van der Waals surface area (Å²) in [6.07, 6.45) is 0. The normalized spacial score (nSPS) is 11.1. The smallest absolute Gasteiger partial charge is 0.255 e. The number of anilines is 1. The minimum Gasteiger partial charge on any atom is -0.496 e. The molecule has 0 fully saturated rings. The van der Waals surface area contributed by atoms with Crippen molar-refractivity contribution in [2.24, 2.45) is 0 Å². The molecule has 4 rings (SSSR count). The summed E-state index contributed by atoms with van der Waals surface area (Å²) in [5.41, 5.74) is 4.45. The van der Waals surface area contributed by atoms with E-state index >= 15 is 0 Å². The first-order valence-electron chi connectivity index (χ1n) is 10.1. The van der Waals surface area contributed by atoms with Gasteiger partial charge in [-0.25, -0.2) is 4.98 Å². The van der Waals surface area contributed by atoms with Crippen LogP contribution in [0.25, 0.3) is 22.6 Å². The number of nitrogens with zero attached hydrogens (tertiary/aromatic N) is 1. The van der Waals surface area contributed by atoms with E-state index in [1.807, 2.05) is 18.2 Å². The van der Waals surface area contributed by atoms with Crippen molar-refractivity contribution in [3.05, 3.63) is 70.2 Å². The van der Waals surface area contributed by atoms with Gasteiger partial charge in [0.25, 0.3) is 5.91 Å². The Morgan fingerprint density at radius 1 is 1.00 bits per heavy atom. The fourth-order valence-electron chi connectivity index (χ4n) is 3.37. The average Bonchev–Trinajstić information content (AvgIpc) is 3.22. The maximum Gasteiger partial charge on any atom is 0.255 e. The molecule has 4 aromatic rings. The highest BCUT2D eigenvalue weighted by Gasteiger charge is 2.16. The Labute approximate surface area is 194 Å². The number of aromatic nitrogens is 1. The predicted molar refractivity (Wildman–Crippen MR) is 129 cm³/mol. The fourth-order valence-corrected chi connectivity index (χ4v) is 3.91. The fraction of sp³-hybridized carbons (Fsp3) is 0.200. The topological polar surface area (TPSA) is 73.6 Å². The third-order valence-corrected chi connectivity index (χ3v) is 5.81. The van der Waals surface area contributed by atoms with Crippen molar-refractivity contribution in [2.45, 2.75) is 19.8 Å². The summed E-state index contributed by atoms with van der Waals surface area (Å²) >= 11 is 3.41. The number of halogens is 1. The van der Waals surface area contributed by atoms with Crippen LogP contribution in [0.2, 0.25) is 0 Å². The van der Waals surface area contributed by atoms with Crippen LogP contribution in [-0.4, -0.2) is 25.1 Å². The lowest BCUT2D eigenvalue weighted by Gasteiger charge is -2.12. The predicted octanol–water partition coefficient (Wildman–Crippen LogP) is 6.65. The summed E-state index contributed by atoms with van der Waals surface area (Å²) in [4.78, 5) is 17.5. The molecule has 0 bridgehead atoms. The number of fused-ring (bicyclic) bond motifs is 1. The number of oxazole rings is 1. The van der Waals surface area contributed by atoms with Gasteiger partial charge in [0.2, 0.25) is 5.89 Å². The van der Waals surface area contributed by atoms with E-state index in [1.54, 1.807) is 44.6 Å². The number of carbonyl (C=O) groups excluding carboxylic acids is 1. The van der Waals surface area contributed by atoms with Gasteiger partial charge in [-0.05, 0) is 75.9 Å². The van der Waals surface area contributed by atoms with Crippen LogP contribution in [0.5, 0.6) is 11.5 Å². The third-order valence-electron chi connectivity index (χ3n) is 5.19. The zero-order chi connectivity index (χ0) is 22.8. The second-order valence-corrected chi connectivity index (χ2v) is 8.47. The van der Waals surface area contributed by atoms with Crippen LogP contribution in [0.4, 0.5) is 5.69 Å². The molecule has 0 aliphatic carbocycles. The molecule has 0 saturated heterocycles. The maximum atomic E-state index is 12.9. The summed E-state index contributed by atoms with van der Waals surface area (Å²) < 4.78 is 17.3. The molecule has 0 unspecified atom stereocenters. The van der Waals surface area contributed by atoms with Crippen LogP contribution >= 0.6 is 15.9 Å². The highest BCUT2D eigenvalue weighted by atomic mass is 79.9. The molecule has 0 atom stereocenters. The number of rotatable bonds is 6. The van der Waals surface area contributed by atoms with Crippen molar-refractivity contribution in [3.63, 3.8) is 0 Å². The van der Waals surface area contributed by atoms with Crippen LogP contribution in [-0.2, 0) is 0 Å². The number of hydrogen-bond acceptors (Lipinski definition) is 5. The quantitative estimate of drug-likeness (QED) is 0.324. The van der Waals surface area contributed by atoms with E-state index in [0.29, 0.717) is 44.6 Å². The number of amides is 1. The second-order valence-electron chi connectivity index (χ2n) is 7.62. The molecule has 164 valence electrons. The first kappa shape index (κ1) is 21.9. The van der Waals surface area contributed by atoms with Crippen molar-refractivity contribution in [1.29, 1.82) is 0 Å². The molecular formula is C25H23BrN2O4. The van der Waals surface area contributed by atoms with Crippen LogP contribution < -0.4 is 14.8 Å². The van der Waals surface area contributed by atoms with Gasteiger partial charge < -0.3 is 19.2 Å². The number of benzene rings is 3. The Bertz CT molecular complexity index is 1300. The Morgan fingerprint density at radius 3 is 2.44 bits per heavy atom. The molecule has 6 nitrogen and oxygen atoms in total. The lowest BCUT2D eigenvalue weighted by atomic mass is 10.0. The lowest BCUT2D eigenvalue weighted by Crippen LogP contribution is -2.13. The van der Waals surface area contributed by atoms with Gasteiger partial charge in [-0.15, -0.1) is 0 Å². The molecule has 3 aromatic carbocycles. The van der Waals surface area contributed by atoms with E-state index in [-0.39, 0.29) is 5.91 Å². The Kier molecular flexibility index (Phi) is 6.19. The molecule has 7 heteroatoms. The van der Waals surface area contributed by atoms with Crippen molar-refractivity contribution < 1.29 is 18.7 Å². The summed E-state index contributed by atoms with van der Waals surface area (Å²) in [6.45, 7) is 4.28. The Morgan fingerprint density at radius 2 is 1.75 bits per heavy atom. The van der Waals surface area contributed by atoms with Gasteiger partial charge >= 0.3 is 0 Å². The molecule has 0 saturated carbocycles. The minimum atomic E-state index is -0.275. The molecule has 0 radical (unpaired) electrons. The van der Waals surface area contributed by atoms with Crippen LogP contribution in [0.15, 0.2) is 63.5 Å². The summed E-state index contributed by atoms with van der Waals surface area (Å²) in [6, 6.07) is 16.6. The molecule has 0 spiro atoms. The molecule has 1 N–H and O–H groups in total. The van der Waals surface area contributed by atoms with E-state index < -0.39 is 0 Å². The van der Waals surface area contributed by atoms with Gasteiger partial charge in [0.05, 0.1) is 24.4 Å².